The summed E-state index contributed by atoms with van der Waals surface area (Å²) in [6.07, 6.45) is 4.60. The minimum atomic E-state index is -0.106. The van der Waals surface area contributed by atoms with Gasteiger partial charge in [0.1, 0.15) is 0 Å². The van der Waals surface area contributed by atoms with E-state index in [4.69, 9.17) is 11.5 Å². The van der Waals surface area contributed by atoms with Crippen molar-refractivity contribution >= 4 is 0 Å². The number of nitrogens with two attached hydrogens (primary N) is 2. The van der Waals surface area contributed by atoms with Crippen molar-refractivity contribution in [3.63, 3.8) is 0 Å². The Morgan fingerprint density at radius 2 is 1.15 bits per heavy atom. The highest BCUT2D eigenvalue weighted by molar-refractivity contribution is 5.01. The number of hydrogen-bond acceptors (Lipinski definition) is 2. The predicted molar refractivity (Wildman–Crippen MR) is 91.7 cm³/mol. The Hall–Kier alpha value is -0.0800. The Morgan fingerprint density at radius 3 is 1.45 bits per heavy atom. The van der Waals surface area contributed by atoms with Crippen LogP contribution in [0.3, 0.4) is 0 Å². The summed E-state index contributed by atoms with van der Waals surface area (Å²) in [5, 5.41) is 0. The van der Waals surface area contributed by atoms with Gasteiger partial charge < -0.3 is 11.5 Å². The van der Waals surface area contributed by atoms with E-state index in [-0.39, 0.29) is 16.4 Å². The molecule has 0 aliphatic carbocycles. The molecule has 0 spiro atoms. The molecule has 122 valence electrons. The number of hydrogen-bond donors (Lipinski definition) is 2. The van der Waals surface area contributed by atoms with Crippen molar-refractivity contribution in [1.29, 1.82) is 0 Å². The van der Waals surface area contributed by atoms with E-state index in [1.807, 2.05) is 0 Å². The summed E-state index contributed by atoms with van der Waals surface area (Å²) in [7, 11) is 0. The molecule has 0 aromatic carbocycles. The van der Waals surface area contributed by atoms with Crippen LogP contribution in [0.5, 0.6) is 0 Å². The Balaban J connectivity index is 5.13. The molecule has 0 aromatic rings. The maximum absolute atomic E-state index is 7.01. The first-order valence-corrected chi connectivity index (χ1v) is 8.36. The van der Waals surface area contributed by atoms with Crippen LogP contribution in [0.15, 0.2) is 0 Å². The SMILES string of the molecule is CC(C(C)(C)C)C(N)(CCCCCN)C(C)C(C)(C)C. The molecule has 0 aromatic heterocycles. The second-order valence-electron chi connectivity index (χ2n) is 8.89. The normalized spacial score (nSPS) is 19.5. The third-order valence-electron chi connectivity index (χ3n) is 5.52. The molecule has 0 saturated heterocycles. The van der Waals surface area contributed by atoms with Crippen LogP contribution in [-0.4, -0.2) is 12.1 Å². The zero-order chi connectivity index (χ0) is 16.2. The highest BCUT2D eigenvalue weighted by Gasteiger charge is 2.45. The molecular weight excluding hydrogens is 244 g/mol. The molecule has 20 heavy (non-hydrogen) atoms. The fourth-order valence-electron chi connectivity index (χ4n) is 3.17. The van der Waals surface area contributed by atoms with Crippen molar-refractivity contribution in [2.24, 2.45) is 34.1 Å². The van der Waals surface area contributed by atoms with Gasteiger partial charge in [0.2, 0.25) is 0 Å². The molecule has 0 aliphatic heterocycles. The van der Waals surface area contributed by atoms with Gasteiger partial charge in [-0.25, -0.2) is 0 Å². The van der Waals surface area contributed by atoms with E-state index >= 15 is 0 Å². The van der Waals surface area contributed by atoms with Gasteiger partial charge >= 0.3 is 0 Å². The molecule has 0 amide bonds. The minimum absolute atomic E-state index is 0.106. The Morgan fingerprint density at radius 1 is 0.750 bits per heavy atom. The first-order valence-electron chi connectivity index (χ1n) is 8.36. The second-order valence-corrected chi connectivity index (χ2v) is 8.89. The van der Waals surface area contributed by atoms with Gasteiger partial charge in [-0.3, -0.25) is 0 Å². The van der Waals surface area contributed by atoms with Crippen LogP contribution in [0, 0.1) is 22.7 Å². The lowest BCUT2D eigenvalue weighted by Crippen LogP contribution is -2.58. The highest BCUT2D eigenvalue weighted by atomic mass is 14.8. The predicted octanol–water partition coefficient (Wildman–Crippen LogP) is 4.57. The zero-order valence-corrected chi connectivity index (χ0v) is 15.3. The minimum Gasteiger partial charge on any atom is -0.330 e. The van der Waals surface area contributed by atoms with E-state index in [1.54, 1.807) is 0 Å². The molecule has 0 radical (unpaired) electrons. The topological polar surface area (TPSA) is 52.0 Å². The molecule has 2 nitrogen and oxygen atoms in total. The van der Waals surface area contributed by atoms with E-state index in [0.717, 1.165) is 19.4 Å². The zero-order valence-electron chi connectivity index (χ0n) is 15.3. The van der Waals surface area contributed by atoms with Crippen LogP contribution < -0.4 is 11.5 Å². The molecule has 0 rings (SSSR count). The van der Waals surface area contributed by atoms with Crippen LogP contribution in [-0.2, 0) is 0 Å². The van der Waals surface area contributed by atoms with Crippen LogP contribution in [0.4, 0.5) is 0 Å². The third kappa shape index (κ3) is 5.37. The second kappa shape index (κ2) is 7.26. The first-order chi connectivity index (χ1) is 8.87. The van der Waals surface area contributed by atoms with Crippen molar-refractivity contribution in [1.82, 2.24) is 0 Å². The summed E-state index contributed by atoms with van der Waals surface area (Å²) < 4.78 is 0. The van der Waals surface area contributed by atoms with Crippen molar-refractivity contribution < 1.29 is 0 Å². The summed E-state index contributed by atoms with van der Waals surface area (Å²) >= 11 is 0. The largest absolute Gasteiger partial charge is 0.330 e. The quantitative estimate of drug-likeness (QED) is 0.673. The Bertz CT molecular complexity index is 250. The molecule has 0 aliphatic rings. The molecule has 0 fully saturated rings. The van der Waals surface area contributed by atoms with Crippen molar-refractivity contribution in [3.05, 3.63) is 0 Å². The van der Waals surface area contributed by atoms with Crippen LogP contribution in [0.1, 0.15) is 81.1 Å². The van der Waals surface area contributed by atoms with Crippen molar-refractivity contribution in [2.45, 2.75) is 86.6 Å². The Kier molecular flexibility index (Phi) is 7.24. The van der Waals surface area contributed by atoms with Crippen LogP contribution >= 0.6 is 0 Å². The lowest BCUT2D eigenvalue weighted by Gasteiger charge is -2.51. The van der Waals surface area contributed by atoms with Gasteiger partial charge in [-0.1, -0.05) is 68.2 Å². The standard InChI is InChI=1S/C18H40N2/c1-14(16(3,4)5)18(20,12-10-9-11-13-19)15(2)17(6,7)8/h14-15H,9-13,19-20H2,1-8H3. The summed E-state index contributed by atoms with van der Waals surface area (Å²) in [6, 6.07) is 0. The fourth-order valence-corrected chi connectivity index (χ4v) is 3.17. The van der Waals surface area contributed by atoms with E-state index in [0.29, 0.717) is 11.8 Å². The molecular formula is C18H40N2. The van der Waals surface area contributed by atoms with Gasteiger partial charge in [0.25, 0.3) is 0 Å². The smallest absolute Gasteiger partial charge is 0.0216 e. The van der Waals surface area contributed by atoms with E-state index in [1.165, 1.54) is 12.8 Å². The fraction of sp³-hybridized carbons (Fsp3) is 1.00. The number of rotatable bonds is 7. The van der Waals surface area contributed by atoms with Gasteiger partial charge in [0, 0.05) is 5.54 Å². The summed E-state index contributed by atoms with van der Waals surface area (Å²) in [5.41, 5.74) is 13.0. The van der Waals surface area contributed by atoms with Gasteiger partial charge in [0.15, 0.2) is 0 Å². The lowest BCUT2D eigenvalue weighted by molar-refractivity contribution is 0.0353. The summed E-state index contributed by atoms with van der Waals surface area (Å²) in [5.74, 6) is 0.976. The first kappa shape index (κ1) is 19.9. The van der Waals surface area contributed by atoms with E-state index in [2.05, 4.69) is 55.4 Å². The van der Waals surface area contributed by atoms with Crippen LogP contribution in [0.2, 0.25) is 0 Å². The summed E-state index contributed by atoms with van der Waals surface area (Å²) in [6.45, 7) is 19.4. The van der Waals surface area contributed by atoms with E-state index < -0.39 is 0 Å². The van der Waals surface area contributed by atoms with Crippen molar-refractivity contribution in [3.8, 4) is 0 Å². The molecule has 2 unspecified atom stereocenters. The molecule has 4 N–H and O–H groups in total. The average Bonchev–Trinajstić information content (AvgIpc) is 2.30. The van der Waals surface area contributed by atoms with Gasteiger partial charge in [0.05, 0.1) is 0 Å². The molecule has 0 bridgehead atoms. The average molecular weight is 285 g/mol. The maximum atomic E-state index is 7.01. The highest BCUT2D eigenvalue weighted by Crippen LogP contribution is 2.45. The molecule has 0 heterocycles. The molecule has 2 atom stereocenters. The lowest BCUT2D eigenvalue weighted by atomic mass is 9.58. The summed E-state index contributed by atoms with van der Waals surface area (Å²) in [4.78, 5) is 0. The monoisotopic (exact) mass is 284 g/mol. The Labute approximate surface area is 128 Å². The van der Waals surface area contributed by atoms with Crippen molar-refractivity contribution in [2.75, 3.05) is 6.54 Å². The number of unbranched alkanes of at least 4 members (excludes halogenated alkanes) is 2. The molecule has 2 heteroatoms. The van der Waals surface area contributed by atoms with E-state index in [9.17, 15) is 0 Å². The molecule has 0 saturated carbocycles. The maximum Gasteiger partial charge on any atom is 0.0216 e. The third-order valence-corrected chi connectivity index (χ3v) is 5.52. The van der Waals surface area contributed by atoms with Gasteiger partial charge in [-0.15, -0.1) is 0 Å². The van der Waals surface area contributed by atoms with Gasteiger partial charge in [-0.2, -0.15) is 0 Å². The van der Waals surface area contributed by atoms with Gasteiger partial charge in [-0.05, 0) is 42.1 Å². The van der Waals surface area contributed by atoms with Crippen LogP contribution in [0.25, 0.3) is 0 Å².